The zero-order valence-electron chi connectivity index (χ0n) is 11.5. The number of anilines is 1. The lowest BCUT2D eigenvalue weighted by Crippen LogP contribution is -2.56. The van der Waals surface area contributed by atoms with Crippen molar-refractivity contribution in [3.05, 3.63) is 24.3 Å². The predicted octanol–water partition coefficient (Wildman–Crippen LogP) is 1.13. The summed E-state index contributed by atoms with van der Waals surface area (Å²) in [6.07, 6.45) is 3.54. The van der Waals surface area contributed by atoms with Crippen LogP contribution in [0.2, 0.25) is 0 Å². The molecular formula is C14H21N3O2S. The first-order chi connectivity index (χ1) is 9.57. The summed E-state index contributed by atoms with van der Waals surface area (Å²) in [6, 6.07) is 6.95. The van der Waals surface area contributed by atoms with Gasteiger partial charge in [-0.05, 0) is 37.6 Å². The molecule has 2 fully saturated rings. The van der Waals surface area contributed by atoms with Crippen molar-refractivity contribution in [3.63, 3.8) is 0 Å². The maximum atomic E-state index is 12.7. The van der Waals surface area contributed by atoms with E-state index in [1.807, 2.05) is 0 Å². The zero-order valence-corrected chi connectivity index (χ0v) is 12.3. The molecule has 20 heavy (non-hydrogen) atoms. The number of hydrogen-bond acceptors (Lipinski definition) is 4. The number of rotatable bonds is 2. The molecule has 2 heterocycles. The molecule has 0 amide bonds. The van der Waals surface area contributed by atoms with Gasteiger partial charge in [0.15, 0.2) is 0 Å². The predicted molar refractivity (Wildman–Crippen MR) is 78.8 cm³/mol. The first-order valence-electron chi connectivity index (χ1n) is 7.17. The van der Waals surface area contributed by atoms with E-state index in [4.69, 9.17) is 5.73 Å². The Morgan fingerprint density at radius 3 is 2.80 bits per heavy atom. The molecule has 5 nitrogen and oxygen atoms in total. The van der Waals surface area contributed by atoms with Gasteiger partial charge in [0, 0.05) is 31.4 Å². The van der Waals surface area contributed by atoms with Crippen LogP contribution in [0.25, 0.3) is 0 Å². The van der Waals surface area contributed by atoms with Gasteiger partial charge in [-0.15, -0.1) is 0 Å². The zero-order chi connectivity index (χ0) is 14.2. The average molecular weight is 295 g/mol. The Balaban J connectivity index is 1.81. The smallest absolute Gasteiger partial charge is 0.243 e. The fourth-order valence-corrected chi connectivity index (χ4v) is 4.69. The molecule has 0 aromatic heterocycles. The third-order valence-electron chi connectivity index (χ3n) is 4.30. The first kappa shape index (κ1) is 13.9. The third-order valence-corrected chi connectivity index (χ3v) is 6.16. The molecule has 1 unspecified atom stereocenters. The fourth-order valence-electron chi connectivity index (χ4n) is 3.17. The highest BCUT2D eigenvalue weighted by molar-refractivity contribution is 7.89. The van der Waals surface area contributed by atoms with Crippen LogP contribution in [0.4, 0.5) is 5.69 Å². The summed E-state index contributed by atoms with van der Waals surface area (Å²) in [5.41, 5.74) is 6.19. The summed E-state index contributed by atoms with van der Waals surface area (Å²) in [4.78, 5) is 2.73. The number of nitrogens with zero attached hydrogens (tertiary/aromatic N) is 2. The molecule has 1 aromatic rings. The van der Waals surface area contributed by atoms with Crippen LogP contribution in [0.5, 0.6) is 0 Å². The highest BCUT2D eigenvalue weighted by Gasteiger charge is 2.35. The van der Waals surface area contributed by atoms with Crippen molar-refractivity contribution in [2.45, 2.75) is 30.2 Å². The molecule has 0 radical (unpaired) electrons. The van der Waals surface area contributed by atoms with Crippen LogP contribution in [0.1, 0.15) is 19.3 Å². The quantitative estimate of drug-likeness (QED) is 0.831. The molecule has 2 aliphatic rings. The lowest BCUT2D eigenvalue weighted by molar-refractivity contribution is 0.0852. The van der Waals surface area contributed by atoms with Crippen LogP contribution < -0.4 is 5.73 Å². The van der Waals surface area contributed by atoms with E-state index in [-0.39, 0.29) is 0 Å². The molecule has 2 saturated heterocycles. The van der Waals surface area contributed by atoms with Crippen LogP contribution in [-0.4, -0.2) is 49.8 Å². The van der Waals surface area contributed by atoms with Crippen LogP contribution >= 0.6 is 0 Å². The van der Waals surface area contributed by atoms with Gasteiger partial charge in [0.05, 0.1) is 4.90 Å². The van der Waals surface area contributed by atoms with Crippen molar-refractivity contribution < 1.29 is 8.42 Å². The summed E-state index contributed by atoms with van der Waals surface area (Å²) in [6.45, 7) is 3.13. The van der Waals surface area contributed by atoms with Gasteiger partial charge in [-0.1, -0.05) is 12.5 Å². The summed E-state index contributed by atoms with van der Waals surface area (Å²) < 4.78 is 27.0. The summed E-state index contributed by atoms with van der Waals surface area (Å²) in [5.74, 6) is 0. The number of piperidine rings is 1. The Kier molecular flexibility index (Phi) is 3.70. The third kappa shape index (κ3) is 2.55. The Hall–Kier alpha value is -1.11. The van der Waals surface area contributed by atoms with Gasteiger partial charge >= 0.3 is 0 Å². The van der Waals surface area contributed by atoms with E-state index < -0.39 is 10.0 Å². The maximum Gasteiger partial charge on any atom is 0.243 e. The highest BCUT2D eigenvalue weighted by atomic mass is 32.2. The molecule has 2 N–H and O–H groups in total. The van der Waals surface area contributed by atoms with Gasteiger partial charge in [-0.2, -0.15) is 4.31 Å². The minimum atomic E-state index is -3.41. The molecule has 2 aliphatic heterocycles. The molecule has 3 rings (SSSR count). The van der Waals surface area contributed by atoms with Crippen LogP contribution in [0.3, 0.4) is 0 Å². The summed E-state index contributed by atoms with van der Waals surface area (Å²) in [5, 5.41) is 0. The number of sulfonamides is 1. The van der Waals surface area contributed by atoms with Crippen molar-refractivity contribution in [2.24, 2.45) is 0 Å². The lowest BCUT2D eigenvalue weighted by Gasteiger charge is -2.43. The Morgan fingerprint density at radius 2 is 2.00 bits per heavy atom. The molecule has 110 valence electrons. The van der Waals surface area contributed by atoms with Gasteiger partial charge < -0.3 is 5.73 Å². The second-order valence-electron chi connectivity index (χ2n) is 5.62. The topological polar surface area (TPSA) is 66.6 Å². The minimum absolute atomic E-state index is 0.307. The van der Waals surface area contributed by atoms with E-state index in [1.165, 1.54) is 12.8 Å². The van der Waals surface area contributed by atoms with Gasteiger partial charge in [0.25, 0.3) is 0 Å². The minimum Gasteiger partial charge on any atom is -0.399 e. The van der Waals surface area contributed by atoms with Gasteiger partial charge in [0.2, 0.25) is 10.0 Å². The normalized spacial score (nSPS) is 25.3. The SMILES string of the molecule is Nc1cccc(S(=O)(=O)N2CCN3CCCCC3C2)c1. The molecule has 0 aliphatic carbocycles. The average Bonchev–Trinajstić information content (AvgIpc) is 2.46. The van der Waals surface area contributed by atoms with Gasteiger partial charge in [0.1, 0.15) is 0 Å². The molecule has 1 atom stereocenters. The largest absolute Gasteiger partial charge is 0.399 e. The maximum absolute atomic E-state index is 12.7. The second kappa shape index (κ2) is 5.35. The van der Waals surface area contributed by atoms with Crippen LogP contribution in [0, 0.1) is 0 Å². The summed E-state index contributed by atoms with van der Waals surface area (Å²) >= 11 is 0. The molecule has 1 aromatic carbocycles. The van der Waals surface area contributed by atoms with Crippen molar-refractivity contribution in [3.8, 4) is 0 Å². The van der Waals surface area contributed by atoms with Crippen LogP contribution in [-0.2, 0) is 10.0 Å². The fraction of sp³-hybridized carbons (Fsp3) is 0.571. The number of nitrogens with two attached hydrogens (primary N) is 1. The van der Waals surface area contributed by atoms with Crippen molar-refractivity contribution in [2.75, 3.05) is 31.9 Å². The van der Waals surface area contributed by atoms with Gasteiger partial charge in [-0.3, -0.25) is 4.90 Å². The molecule has 0 spiro atoms. The van der Waals surface area contributed by atoms with E-state index in [0.29, 0.717) is 29.7 Å². The first-order valence-corrected chi connectivity index (χ1v) is 8.61. The number of benzene rings is 1. The van der Waals surface area contributed by atoms with E-state index in [2.05, 4.69) is 4.90 Å². The number of piperazine rings is 1. The summed E-state index contributed by atoms with van der Waals surface area (Å²) in [7, 11) is -3.41. The highest BCUT2D eigenvalue weighted by Crippen LogP contribution is 2.25. The number of fused-ring (bicyclic) bond motifs is 1. The Bertz CT molecular complexity index is 588. The lowest BCUT2D eigenvalue weighted by atomic mass is 10.0. The number of hydrogen-bond donors (Lipinski definition) is 1. The number of nitrogen functional groups attached to an aromatic ring is 1. The van der Waals surface area contributed by atoms with Crippen molar-refractivity contribution in [1.29, 1.82) is 0 Å². The van der Waals surface area contributed by atoms with Gasteiger partial charge in [-0.25, -0.2) is 8.42 Å². The van der Waals surface area contributed by atoms with Crippen LogP contribution in [0.15, 0.2) is 29.2 Å². The second-order valence-corrected chi connectivity index (χ2v) is 7.56. The van der Waals surface area contributed by atoms with Crippen molar-refractivity contribution in [1.82, 2.24) is 9.21 Å². The standard InChI is InChI=1S/C14H21N3O2S/c15-12-4-3-6-14(10-12)20(18,19)17-9-8-16-7-2-1-5-13(16)11-17/h3-4,6,10,13H,1-2,5,7-9,11,15H2. The molecule has 0 saturated carbocycles. The van der Waals surface area contributed by atoms with Crippen molar-refractivity contribution >= 4 is 15.7 Å². The molecule has 0 bridgehead atoms. The monoisotopic (exact) mass is 295 g/mol. The van der Waals surface area contributed by atoms with E-state index >= 15 is 0 Å². The molecule has 6 heteroatoms. The molecular weight excluding hydrogens is 274 g/mol. The van der Waals surface area contributed by atoms with E-state index in [1.54, 1.807) is 28.6 Å². The Morgan fingerprint density at radius 1 is 1.15 bits per heavy atom. The van der Waals surface area contributed by atoms with E-state index in [9.17, 15) is 8.42 Å². The van der Waals surface area contributed by atoms with E-state index in [0.717, 1.165) is 19.5 Å². The Labute approximate surface area is 120 Å².